The van der Waals surface area contributed by atoms with Gasteiger partial charge < -0.3 is 10.2 Å². The number of nitrogens with one attached hydrogen (secondary N) is 1. The zero-order valence-electron chi connectivity index (χ0n) is 13.4. The lowest BCUT2D eigenvalue weighted by Gasteiger charge is -2.18. The van der Waals surface area contributed by atoms with Crippen molar-refractivity contribution in [3.63, 3.8) is 0 Å². The summed E-state index contributed by atoms with van der Waals surface area (Å²) in [5.41, 5.74) is 1.96. The topological polar surface area (TPSA) is 41.0 Å². The van der Waals surface area contributed by atoms with Crippen LogP contribution in [0.5, 0.6) is 0 Å². The number of alkyl halides is 1. The Morgan fingerprint density at radius 3 is 2.71 bits per heavy atom. The van der Waals surface area contributed by atoms with Gasteiger partial charge in [0, 0.05) is 37.1 Å². The van der Waals surface area contributed by atoms with Gasteiger partial charge >= 0.3 is 0 Å². The molecule has 1 aromatic carbocycles. The van der Waals surface area contributed by atoms with Crippen LogP contribution in [0.25, 0.3) is 10.8 Å². The minimum atomic E-state index is -0.297. The van der Waals surface area contributed by atoms with Crippen molar-refractivity contribution >= 4 is 40.4 Å². The largest absolute Gasteiger partial charge is 0.373 e. The van der Waals surface area contributed by atoms with Crippen LogP contribution in [0.4, 0.5) is 21.6 Å². The second-order valence-corrected chi connectivity index (χ2v) is 5.43. The van der Waals surface area contributed by atoms with Gasteiger partial charge in [-0.2, -0.15) is 0 Å². The van der Waals surface area contributed by atoms with E-state index in [0.717, 1.165) is 28.0 Å². The van der Waals surface area contributed by atoms with Gasteiger partial charge in [-0.05, 0) is 42.1 Å². The Morgan fingerprint density at radius 1 is 1.08 bits per heavy atom. The first-order chi connectivity index (χ1) is 11.3. The number of nitrogens with zero attached hydrogens (tertiary/aromatic N) is 3. The average molecular weight is 347 g/mol. The maximum absolute atomic E-state index is 12.2. The molecule has 1 N–H and O–H groups in total. The maximum atomic E-state index is 12.2. The summed E-state index contributed by atoms with van der Waals surface area (Å²) in [5.74, 6) is 0.779. The number of rotatable bonds is 6. The highest BCUT2D eigenvalue weighted by molar-refractivity contribution is 5.86. The summed E-state index contributed by atoms with van der Waals surface area (Å²) in [4.78, 5) is 10.5. The minimum Gasteiger partial charge on any atom is -0.373 e. The molecule has 2 heterocycles. The zero-order valence-corrected chi connectivity index (χ0v) is 14.3. The number of halogens is 2. The molecule has 6 heteroatoms. The Balaban J connectivity index is 0.00000208. The van der Waals surface area contributed by atoms with Crippen molar-refractivity contribution in [1.82, 2.24) is 9.97 Å². The van der Waals surface area contributed by atoms with Crippen molar-refractivity contribution in [3.05, 3.63) is 55.0 Å². The third-order valence-corrected chi connectivity index (χ3v) is 3.73. The second kappa shape index (κ2) is 8.45. The lowest BCUT2D eigenvalue weighted by atomic mass is 10.1. The normalized spacial score (nSPS) is 10.2. The molecule has 0 radical (unpaired) electrons. The molecule has 0 atom stereocenters. The number of hydrogen-bond donors (Lipinski definition) is 1. The third-order valence-electron chi connectivity index (χ3n) is 3.73. The molecule has 0 amide bonds. The van der Waals surface area contributed by atoms with Gasteiger partial charge in [-0.1, -0.05) is 6.07 Å². The van der Waals surface area contributed by atoms with Crippen molar-refractivity contribution in [2.45, 2.75) is 6.42 Å². The molecular weight excluding hydrogens is 327 g/mol. The lowest BCUT2D eigenvalue weighted by Crippen LogP contribution is -2.19. The number of benzene rings is 1. The molecule has 2 aromatic heterocycles. The standard InChI is InChI=1S/C18H19FN4.ClH/c1-23(10-2-8-19)17-5-6-18(21-13-17)22-16-4-3-15-12-20-9-7-14(15)11-16;/h3-7,9,11-13H,2,8,10H2,1H3,(H,21,22);1H. The monoisotopic (exact) mass is 346 g/mol. The molecule has 3 aromatic rings. The van der Waals surface area contributed by atoms with E-state index in [1.54, 1.807) is 12.4 Å². The Labute approximate surface area is 147 Å². The highest BCUT2D eigenvalue weighted by atomic mass is 35.5. The van der Waals surface area contributed by atoms with E-state index < -0.39 is 0 Å². The molecule has 0 bridgehead atoms. The van der Waals surface area contributed by atoms with Crippen LogP contribution in [-0.2, 0) is 0 Å². The van der Waals surface area contributed by atoms with Crippen LogP contribution < -0.4 is 10.2 Å². The Morgan fingerprint density at radius 2 is 1.96 bits per heavy atom. The molecule has 3 rings (SSSR count). The predicted octanol–water partition coefficient (Wildman–Crippen LogP) is 4.59. The van der Waals surface area contributed by atoms with Crippen molar-refractivity contribution in [1.29, 1.82) is 0 Å². The SMILES string of the molecule is CN(CCCF)c1ccc(Nc2ccc3cnccc3c2)nc1.Cl. The molecule has 0 aliphatic heterocycles. The van der Waals surface area contributed by atoms with Crippen LogP contribution in [-0.4, -0.2) is 30.2 Å². The molecule has 0 spiro atoms. The third kappa shape index (κ3) is 4.32. The van der Waals surface area contributed by atoms with E-state index in [1.807, 2.05) is 48.5 Å². The van der Waals surface area contributed by atoms with Crippen molar-refractivity contribution in [2.75, 3.05) is 30.5 Å². The van der Waals surface area contributed by atoms with E-state index in [-0.39, 0.29) is 19.1 Å². The van der Waals surface area contributed by atoms with E-state index in [2.05, 4.69) is 21.4 Å². The molecule has 0 saturated carbocycles. The van der Waals surface area contributed by atoms with Crippen LogP contribution in [0, 0.1) is 0 Å². The van der Waals surface area contributed by atoms with Gasteiger partial charge in [0.2, 0.25) is 0 Å². The molecular formula is C18H20ClFN4. The van der Waals surface area contributed by atoms with Gasteiger partial charge in [-0.15, -0.1) is 12.4 Å². The fourth-order valence-corrected chi connectivity index (χ4v) is 2.42. The Bertz CT molecular complexity index is 779. The van der Waals surface area contributed by atoms with Gasteiger partial charge in [-0.3, -0.25) is 9.37 Å². The highest BCUT2D eigenvalue weighted by Gasteiger charge is 2.03. The molecule has 0 saturated heterocycles. The summed E-state index contributed by atoms with van der Waals surface area (Å²) >= 11 is 0. The highest BCUT2D eigenvalue weighted by Crippen LogP contribution is 2.22. The van der Waals surface area contributed by atoms with Crippen molar-refractivity contribution in [3.8, 4) is 0 Å². The Kier molecular flexibility index (Phi) is 6.32. The van der Waals surface area contributed by atoms with Gasteiger partial charge in [0.1, 0.15) is 5.82 Å². The summed E-state index contributed by atoms with van der Waals surface area (Å²) in [5, 5.41) is 5.53. The quantitative estimate of drug-likeness (QED) is 0.708. The van der Waals surface area contributed by atoms with Crippen molar-refractivity contribution in [2.24, 2.45) is 0 Å². The Hall–Kier alpha value is -2.40. The fourth-order valence-electron chi connectivity index (χ4n) is 2.42. The summed E-state index contributed by atoms with van der Waals surface area (Å²) in [6, 6.07) is 12.0. The second-order valence-electron chi connectivity index (χ2n) is 5.43. The fraction of sp³-hybridized carbons (Fsp3) is 0.222. The van der Waals surface area contributed by atoms with Gasteiger partial charge in [0.15, 0.2) is 0 Å². The number of hydrogen-bond acceptors (Lipinski definition) is 4. The molecule has 126 valence electrons. The first-order valence-electron chi connectivity index (χ1n) is 7.60. The first-order valence-corrected chi connectivity index (χ1v) is 7.60. The molecule has 4 nitrogen and oxygen atoms in total. The summed E-state index contributed by atoms with van der Waals surface area (Å²) in [6.45, 7) is 0.387. The van der Waals surface area contributed by atoms with Crippen LogP contribution in [0.1, 0.15) is 6.42 Å². The summed E-state index contributed by atoms with van der Waals surface area (Å²) in [6.07, 6.45) is 5.96. The number of aromatic nitrogens is 2. The van der Waals surface area contributed by atoms with Crippen molar-refractivity contribution < 1.29 is 4.39 Å². The maximum Gasteiger partial charge on any atom is 0.130 e. The number of pyridine rings is 2. The van der Waals surface area contributed by atoms with Gasteiger partial charge in [0.05, 0.1) is 18.6 Å². The van der Waals surface area contributed by atoms with E-state index in [0.29, 0.717) is 13.0 Å². The first kappa shape index (κ1) is 17.9. The van der Waals surface area contributed by atoms with E-state index >= 15 is 0 Å². The van der Waals surface area contributed by atoms with Crippen LogP contribution in [0.2, 0.25) is 0 Å². The molecule has 0 unspecified atom stereocenters. The van der Waals surface area contributed by atoms with Crippen LogP contribution in [0.3, 0.4) is 0 Å². The minimum absolute atomic E-state index is 0. The predicted molar refractivity (Wildman–Crippen MR) is 100 cm³/mol. The number of anilines is 3. The van der Waals surface area contributed by atoms with Gasteiger partial charge in [-0.25, -0.2) is 4.98 Å². The molecule has 0 aliphatic carbocycles. The van der Waals surface area contributed by atoms with E-state index in [1.165, 1.54) is 0 Å². The average Bonchev–Trinajstić information content (AvgIpc) is 2.60. The van der Waals surface area contributed by atoms with E-state index in [4.69, 9.17) is 0 Å². The lowest BCUT2D eigenvalue weighted by molar-refractivity contribution is 0.474. The smallest absolute Gasteiger partial charge is 0.130 e. The molecule has 0 aliphatic rings. The number of fused-ring (bicyclic) bond motifs is 1. The summed E-state index contributed by atoms with van der Waals surface area (Å²) < 4.78 is 12.2. The van der Waals surface area contributed by atoms with Crippen LogP contribution >= 0.6 is 12.4 Å². The summed E-state index contributed by atoms with van der Waals surface area (Å²) in [7, 11) is 1.94. The molecule has 0 fully saturated rings. The van der Waals surface area contributed by atoms with Crippen LogP contribution in [0.15, 0.2) is 55.0 Å². The molecule has 24 heavy (non-hydrogen) atoms. The van der Waals surface area contributed by atoms with Gasteiger partial charge in [0.25, 0.3) is 0 Å². The zero-order chi connectivity index (χ0) is 16.1. The van der Waals surface area contributed by atoms with E-state index in [9.17, 15) is 4.39 Å².